The predicted molar refractivity (Wildman–Crippen MR) is 84.6 cm³/mol. The molecule has 1 aliphatic rings. The highest BCUT2D eigenvalue weighted by Crippen LogP contribution is 2.20. The Balaban J connectivity index is 2.02. The van der Waals surface area contributed by atoms with Crippen molar-refractivity contribution in [3.05, 3.63) is 49.6 Å². The number of allylic oxidation sites excluding steroid dienone is 2. The van der Waals surface area contributed by atoms with E-state index in [9.17, 15) is 14.9 Å². The molecule has 1 atom stereocenters. The first-order valence-corrected chi connectivity index (χ1v) is 7.53. The standard InChI is InChI=1S/C14H15IN2O3/c15-13-7-6-11(17(19)20)8-12(13)14(18)16-9-10-4-2-1-3-5-10/h1-2,6-8,10H,3-5,9H2,(H,16,18). The highest BCUT2D eigenvalue weighted by atomic mass is 127. The number of carbonyl (C=O) groups excluding carboxylic acids is 1. The van der Waals surface area contributed by atoms with E-state index in [0.717, 1.165) is 19.3 Å². The van der Waals surface area contributed by atoms with Gasteiger partial charge >= 0.3 is 0 Å². The maximum Gasteiger partial charge on any atom is 0.270 e. The van der Waals surface area contributed by atoms with Gasteiger partial charge in [0.05, 0.1) is 10.5 Å². The number of halogens is 1. The molecule has 0 aromatic heterocycles. The number of nitro benzene ring substituents is 1. The molecule has 20 heavy (non-hydrogen) atoms. The van der Waals surface area contributed by atoms with Crippen LogP contribution in [0.2, 0.25) is 0 Å². The van der Waals surface area contributed by atoms with Crippen LogP contribution >= 0.6 is 22.6 Å². The molecule has 1 aromatic carbocycles. The lowest BCUT2D eigenvalue weighted by atomic mass is 9.94. The average Bonchev–Trinajstić information content (AvgIpc) is 2.46. The Morgan fingerprint density at radius 3 is 2.90 bits per heavy atom. The van der Waals surface area contributed by atoms with Gasteiger partial charge in [-0.05, 0) is 53.8 Å². The molecular formula is C14H15IN2O3. The van der Waals surface area contributed by atoms with Crippen LogP contribution in [0.25, 0.3) is 0 Å². The Labute approximate surface area is 130 Å². The van der Waals surface area contributed by atoms with Crippen molar-refractivity contribution in [1.82, 2.24) is 5.32 Å². The van der Waals surface area contributed by atoms with Crippen molar-refractivity contribution in [2.75, 3.05) is 6.54 Å². The fraction of sp³-hybridized carbons (Fsp3) is 0.357. The normalized spacial score (nSPS) is 17.8. The zero-order chi connectivity index (χ0) is 14.5. The molecule has 0 saturated carbocycles. The number of carbonyl (C=O) groups is 1. The Morgan fingerprint density at radius 2 is 2.25 bits per heavy atom. The van der Waals surface area contributed by atoms with Gasteiger partial charge in [0.15, 0.2) is 0 Å². The third-order valence-corrected chi connectivity index (χ3v) is 4.28. The maximum atomic E-state index is 12.1. The SMILES string of the molecule is O=C(NCC1CC=CCC1)c1cc([N+](=O)[O-])ccc1I. The quantitative estimate of drug-likeness (QED) is 0.374. The first kappa shape index (κ1) is 15.0. The minimum Gasteiger partial charge on any atom is -0.352 e. The first-order chi connectivity index (χ1) is 9.58. The minimum atomic E-state index is -0.487. The molecule has 1 aliphatic carbocycles. The zero-order valence-corrected chi connectivity index (χ0v) is 13.0. The molecule has 0 aliphatic heterocycles. The van der Waals surface area contributed by atoms with Gasteiger partial charge in [0.1, 0.15) is 0 Å². The van der Waals surface area contributed by atoms with Crippen LogP contribution in [-0.2, 0) is 0 Å². The minimum absolute atomic E-state index is 0.0591. The van der Waals surface area contributed by atoms with E-state index in [-0.39, 0.29) is 11.6 Å². The van der Waals surface area contributed by atoms with Crippen LogP contribution in [0.5, 0.6) is 0 Å². The van der Waals surface area contributed by atoms with E-state index in [4.69, 9.17) is 0 Å². The van der Waals surface area contributed by atoms with Gasteiger partial charge in [0.25, 0.3) is 11.6 Å². The molecule has 6 heteroatoms. The molecule has 2 rings (SSSR count). The Hall–Kier alpha value is -1.44. The van der Waals surface area contributed by atoms with Crippen LogP contribution in [-0.4, -0.2) is 17.4 Å². The fourth-order valence-electron chi connectivity index (χ4n) is 2.17. The van der Waals surface area contributed by atoms with E-state index >= 15 is 0 Å². The number of rotatable bonds is 4. The maximum absolute atomic E-state index is 12.1. The molecule has 1 N–H and O–H groups in total. The van der Waals surface area contributed by atoms with Gasteiger partial charge in [-0.1, -0.05) is 12.2 Å². The number of nitrogens with one attached hydrogen (secondary N) is 1. The van der Waals surface area contributed by atoms with E-state index in [1.54, 1.807) is 6.07 Å². The molecule has 1 aromatic rings. The van der Waals surface area contributed by atoms with E-state index < -0.39 is 4.92 Å². The lowest BCUT2D eigenvalue weighted by Gasteiger charge is -2.18. The second-order valence-electron chi connectivity index (χ2n) is 4.78. The molecule has 106 valence electrons. The van der Waals surface area contributed by atoms with Crippen molar-refractivity contribution in [2.45, 2.75) is 19.3 Å². The van der Waals surface area contributed by atoms with Crippen LogP contribution in [0.1, 0.15) is 29.6 Å². The summed E-state index contributed by atoms with van der Waals surface area (Å²) in [6.45, 7) is 0.613. The second kappa shape index (κ2) is 6.83. The smallest absolute Gasteiger partial charge is 0.270 e. The van der Waals surface area contributed by atoms with E-state index in [1.165, 1.54) is 12.1 Å². The number of nitro groups is 1. The molecule has 1 amide bonds. The third kappa shape index (κ3) is 3.78. The molecule has 0 heterocycles. The number of benzene rings is 1. The van der Waals surface area contributed by atoms with Crippen LogP contribution < -0.4 is 5.32 Å². The molecule has 1 unspecified atom stereocenters. The van der Waals surface area contributed by atoms with Crippen molar-refractivity contribution in [1.29, 1.82) is 0 Å². The number of hydrogen-bond donors (Lipinski definition) is 1. The molecule has 0 fully saturated rings. The lowest BCUT2D eigenvalue weighted by Crippen LogP contribution is -2.30. The van der Waals surface area contributed by atoms with Crippen LogP contribution in [0.3, 0.4) is 0 Å². The Kier molecular flexibility index (Phi) is 5.11. The first-order valence-electron chi connectivity index (χ1n) is 6.45. The summed E-state index contributed by atoms with van der Waals surface area (Å²) >= 11 is 2.02. The van der Waals surface area contributed by atoms with Gasteiger partial charge < -0.3 is 5.32 Å². The predicted octanol–water partition coefficient (Wildman–Crippen LogP) is 3.29. The Bertz CT molecular complexity index is 557. The fourth-order valence-corrected chi connectivity index (χ4v) is 2.76. The highest BCUT2D eigenvalue weighted by Gasteiger charge is 2.17. The summed E-state index contributed by atoms with van der Waals surface area (Å²) in [4.78, 5) is 22.4. The molecular weight excluding hydrogens is 371 g/mol. The van der Waals surface area contributed by atoms with Crippen LogP contribution in [0.15, 0.2) is 30.4 Å². The highest BCUT2D eigenvalue weighted by molar-refractivity contribution is 14.1. The number of non-ortho nitro benzene ring substituents is 1. The van der Waals surface area contributed by atoms with Crippen molar-refractivity contribution in [3.8, 4) is 0 Å². The van der Waals surface area contributed by atoms with Crippen LogP contribution in [0, 0.1) is 19.6 Å². The summed E-state index contributed by atoms with van der Waals surface area (Å²) in [5.41, 5.74) is 0.308. The van der Waals surface area contributed by atoms with E-state index in [1.807, 2.05) is 22.6 Å². The molecule has 5 nitrogen and oxygen atoms in total. The van der Waals surface area contributed by atoms with Crippen molar-refractivity contribution in [3.63, 3.8) is 0 Å². The molecule has 0 saturated heterocycles. The summed E-state index contributed by atoms with van der Waals surface area (Å²) in [5, 5.41) is 13.6. The van der Waals surface area contributed by atoms with Gasteiger partial charge in [-0.2, -0.15) is 0 Å². The molecule has 0 spiro atoms. The summed E-state index contributed by atoms with van der Waals surface area (Å²) < 4.78 is 0.717. The van der Waals surface area contributed by atoms with Gasteiger partial charge in [-0.25, -0.2) is 0 Å². The number of hydrogen-bond acceptors (Lipinski definition) is 3. The monoisotopic (exact) mass is 386 g/mol. The summed E-state index contributed by atoms with van der Waals surface area (Å²) in [7, 11) is 0. The van der Waals surface area contributed by atoms with Gasteiger partial charge in [-0.15, -0.1) is 0 Å². The van der Waals surface area contributed by atoms with Crippen LogP contribution in [0.4, 0.5) is 5.69 Å². The third-order valence-electron chi connectivity index (χ3n) is 3.33. The van der Waals surface area contributed by atoms with Crippen molar-refractivity contribution < 1.29 is 9.72 Å². The summed E-state index contributed by atoms with van der Waals surface area (Å²) in [6.07, 6.45) is 7.39. The number of amides is 1. The topological polar surface area (TPSA) is 72.2 Å². The summed E-state index contributed by atoms with van der Waals surface area (Å²) in [5.74, 6) is 0.216. The average molecular weight is 386 g/mol. The van der Waals surface area contributed by atoms with E-state index in [2.05, 4.69) is 17.5 Å². The van der Waals surface area contributed by atoms with Gasteiger partial charge in [0.2, 0.25) is 0 Å². The molecule has 0 bridgehead atoms. The zero-order valence-electron chi connectivity index (χ0n) is 10.8. The second-order valence-corrected chi connectivity index (χ2v) is 5.94. The van der Waals surface area contributed by atoms with Gasteiger partial charge in [-0.3, -0.25) is 14.9 Å². The van der Waals surface area contributed by atoms with E-state index in [0.29, 0.717) is 21.6 Å². The Morgan fingerprint density at radius 1 is 1.45 bits per heavy atom. The van der Waals surface area contributed by atoms with Gasteiger partial charge in [0, 0.05) is 22.2 Å². The largest absolute Gasteiger partial charge is 0.352 e. The lowest BCUT2D eigenvalue weighted by molar-refractivity contribution is -0.384. The molecule has 0 radical (unpaired) electrons. The summed E-state index contributed by atoms with van der Waals surface area (Å²) in [6, 6.07) is 4.33. The van der Waals surface area contributed by atoms with Crippen molar-refractivity contribution >= 4 is 34.2 Å². The van der Waals surface area contributed by atoms with Crippen molar-refractivity contribution in [2.24, 2.45) is 5.92 Å². The number of nitrogens with zero attached hydrogens (tertiary/aromatic N) is 1.